The average Bonchev–Trinajstić information content (AvgIpc) is 0.918. The number of nitroso groups, excluding NO2 is 2. The van der Waals surface area contributed by atoms with Gasteiger partial charge in [0, 0.05) is 0 Å². The van der Waals surface area contributed by atoms with E-state index in [0.29, 0.717) is 0 Å². The highest BCUT2D eigenvalue weighted by atomic mass is 35.5. The first-order valence-corrected chi connectivity index (χ1v) is 0.365. The molecular weight excluding hydrogens is 81.5 g/mol. The van der Waals surface area contributed by atoms with Gasteiger partial charge in [-0.1, -0.05) is 0 Å². The smallest absolute Gasteiger partial charge is 0.569 e. The zero-order valence-corrected chi connectivity index (χ0v) is 2.40. The molecule has 0 saturated carbocycles. The molecule has 0 aromatic carbocycles. The molecule has 0 unspecified atom stereocenters. The molecule has 0 aliphatic rings. The first-order valence-electron chi connectivity index (χ1n) is 0.365. The fraction of sp³-hybridized carbons (Fsp3) is 0. The molecule has 0 atom stereocenters. The summed E-state index contributed by atoms with van der Waals surface area (Å²) in [6.45, 7) is 0. The van der Waals surface area contributed by atoms with Crippen LogP contribution in [0.2, 0.25) is 0 Å². The van der Waals surface area contributed by atoms with Gasteiger partial charge in [-0.25, -0.2) is 0 Å². The summed E-state index contributed by atoms with van der Waals surface area (Å²) in [7, 11) is 0. The molecular formula is ClNO2. The number of rotatable bonds is 0. The van der Waals surface area contributed by atoms with Gasteiger partial charge in [-0.15, -0.1) is 0 Å². The molecule has 0 rings (SSSR count). The van der Waals surface area contributed by atoms with Crippen LogP contribution in [-0.4, -0.2) is 0 Å². The summed E-state index contributed by atoms with van der Waals surface area (Å²) in [5.41, 5.74) is 0. The van der Waals surface area contributed by atoms with Crippen LogP contribution in [0.1, 0.15) is 0 Å². The lowest BCUT2D eigenvalue weighted by Crippen LogP contribution is -3.00. The minimum atomic E-state index is 0. The molecule has 0 bridgehead atoms. The van der Waals surface area contributed by atoms with Crippen LogP contribution >= 0.6 is 0 Å². The summed E-state index contributed by atoms with van der Waals surface area (Å²) >= 11 is 0. The molecule has 0 saturated heterocycles. The van der Waals surface area contributed by atoms with Crippen molar-refractivity contribution in [3.05, 3.63) is 9.81 Å². The lowest BCUT2D eigenvalue weighted by Gasteiger charge is -1.00. The summed E-state index contributed by atoms with van der Waals surface area (Å²) in [5, 5.41) is 1.00. The van der Waals surface area contributed by atoms with Gasteiger partial charge in [0.1, 0.15) is 0 Å². The van der Waals surface area contributed by atoms with Crippen molar-refractivity contribution >= 4 is 0 Å². The predicted molar refractivity (Wildman–Crippen MR) is 8.87 cm³/mol. The third-order valence-electron chi connectivity index (χ3n) is 0. The van der Waals surface area contributed by atoms with E-state index in [0.717, 1.165) is 5.04 Å². The summed E-state index contributed by atoms with van der Waals surface area (Å²) < 4.78 is 0. The van der Waals surface area contributed by atoms with E-state index in [1.54, 1.807) is 0 Å². The first kappa shape index (κ1) is 9.51. The van der Waals surface area contributed by atoms with Crippen molar-refractivity contribution in [2.24, 2.45) is 0 Å². The monoisotopic (exact) mass is 81.0 g/mol. The van der Waals surface area contributed by atoms with E-state index in [2.05, 4.69) is 0 Å². The number of hydrogen-bond acceptors (Lipinski definition) is 2. The van der Waals surface area contributed by atoms with Crippen LogP contribution < -0.4 is 17.4 Å². The van der Waals surface area contributed by atoms with Crippen molar-refractivity contribution in [3.8, 4) is 0 Å². The molecule has 0 N–H and O–H groups in total. The van der Waals surface area contributed by atoms with Gasteiger partial charge in [-0.2, -0.15) is 0 Å². The second-order valence-corrected chi connectivity index (χ2v) is 0.0745. The molecule has 4 heteroatoms. The number of hydrogen-bond donors (Lipinski definition) is 0. The van der Waals surface area contributed by atoms with Crippen LogP contribution in [0.15, 0.2) is 0 Å². The Morgan fingerprint density at radius 3 is 1.25 bits per heavy atom. The van der Waals surface area contributed by atoms with E-state index in [1.165, 1.54) is 0 Å². The molecule has 3 nitrogen and oxygen atoms in total. The maximum absolute atomic E-state index is 8.00. The minimum Gasteiger partial charge on any atom is -1.00 e. The number of nitrogens with zero attached hydrogens (tertiary/aromatic N) is 1. The molecule has 0 heterocycles. The highest BCUT2D eigenvalue weighted by molar-refractivity contribution is 3.93. The van der Waals surface area contributed by atoms with Crippen LogP contribution in [0, 0.1) is 9.81 Å². The second kappa shape index (κ2) is 18.5. The Bertz CT molecular complexity index is 27.0. The Balaban J connectivity index is 0. The van der Waals surface area contributed by atoms with Crippen molar-refractivity contribution in [1.82, 2.24) is 5.04 Å². The van der Waals surface area contributed by atoms with E-state index in [-0.39, 0.29) is 12.4 Å². The first-order chi connectivity index (χ1) is 1.41. The Labute approximate surface area is 28.4 Å². The normalized spacial score (nSPS) is 2.00. The third-order valence-corrected chi connectivity index (χ3v) is 0. The van der Waals surface area contributed by atoms with Crippen molar-refractivity contribution in [2.45, 2.75) is 0 Å². The molecule has 0 aromatic heterocycles. The largest absolute Gasteiger partial charge is 1.00 e. The van der Waals surface area contributed by atoms with Gasteiger partial charge in [0.2, 0.25) is 9.81 Å². The van der Waals surface area contributed by atoms with Gasteiger partial charge in [-0.05, 0) is 0 Å². The summed E-state index contributed by atoms with van der Waals surface area (Å²) in [6.07, 6.45) is 0. The van der Waals surface area contributed by atoms with Crippen molar-refractivity contribution < 1.29 is 12.4 Å². The van der Waals surface area contributed by atoms with Crippen molar-refractivity contribution in [1.29, 1.82) is 0 Å². The average molecular weight is 81.5 g/mol. The van der Waals surface area contributed by atoms with Crippen molar-refractivity contribution in [2.75, 3.05) is 0 Å². The van der Waals surface area contributed by atoms with Gasteiger partial charge >= 0.3 is 5.04 Å². The zero-order valence-electron chi connectivity index (χ0n) is 1.64. The number of halogens is 1. The molecule has 4 heavy (non-hydrogen) atoms. The molecule has 0 amide bonds. The predicted octanol–water partition coefficient (Wildman–Crippen LogP) is -3.41. The van der Waals surface area contributed by atoms with Crippen LogP contribution in [0.3, 0.4) is 0 Å². The molecule has 0 spiro atoms. The van der Waals surface area contributed by atoms with Gasteiger partial charge in [0.15, 0.2) is 0 Å². The second-order valence-electron chi connectivity index (χ2n) is 0.0745. The Hall–Kier alpha value is -0.400. The fourth-order valence-corrected chi connectivity index (χ4v) is 0. The quantitative estimate of drug-likeness (QED) is 0.285. The van der Waals surface area contributed by atoms with E-state index >= 15 is 0 Å². The summed E-state index contributed by atoms with van der Waals surface area (Å²) in [5.74, 6) is 0. The van der Waals surface area contributed by atoms with E-state index < -0.39 is 0 Å². The fourth-order valence-electron chi connectivity index (χ4n) is 0. The maximum Gasteiger partial charge on any atom is 0.569 e. The molecule has 0 radical (unpaired) electrons. The Kier molecular flexibility index (Phi) is 43.9. The van der Waals surface area contributed by atoms with Gasteiger partial charge < -0.3 is 12.4 Å². The molecule has 0 aliphatic heterocycles. The van der Waals surface area contributed by atoms with E-state index in [4.69, 9.17) is 9.81 Å². The Morgan fingerprint density at radius 2 is 1.25 bits per heavy atom. The summed E-state index contributed by atoms with van der Waals surface area (Å²) in [6, 6.07) is 0. The highest BCUT2D eigenvalue weighted by Gasteiger charge is 1.41. The lowest BCUT2D eigenvalue weighted by molar-refractivity contribution is -0.000000777. The highest BCUT2D eigenvalue weighted by Crippen LogP contribution is 0.810. The Morgan fingerprint density at radius 1 is 1.25 bits per heavy atom. The lowest BCUT2D eigenvalue weighted by atomic mass is 13.6. The van der Waals surface area contributed by atoms with Gasteiger partial charge in [-0.3, -0.25) is 0 Å². The van der Waals surface area contributed by atoms with Crippen LogP contribution in [0.5, 0.6) is 0 Å². The van der Waals surface area contributed by atoms with Gasteiger partial charge in [0.25, 0.3) is 0 Å². The zero-order chi connectivity index (χ0) is 2.71. The van der Waals surface area contributed by atoms with Crippen LogP contribution in [0.4, 0.5) is 0 Å². The van der Waals surface area contributed by atoms with Gasteiger partial charge in [0.05, 0.1) is 0 Å². The molecule has 0 aromatic rings. The molecule has 24 valence electrons. The SMILES string of the molecule is O=[N+]=O.[Cl-]. The van der Waals surface area contributed by atoms with E-state index in [9.17, 15) is 0 Å². The summed E-state index contributed by atoms with van der Waals surface area (Å²) in [4.78, 5) is 16.0. The standard InChI is InChI=1S/ClH.NO2/c;2-1-3/h1H;/q;+1/p-1. The minimum absolute atomic E-state index is 0. The third kappa shape index (κ3) is 3.60. The van der Waals surface area contributed by atoms with Crippen LogP contribution in [0.25, 0.3) is 0 Å². The maximum atomic E-state index is 8.00. The van der Waals surface area contributed by atoms with E-state index in [1.807, 2.05) is 0 Å². The topological polar surface area (TPSA) is 48.2 Å². The molecule has 0 aliphatic carbocycles. The molecule has 0 fully saturated rings. The van der Waals surface area contributed by atoms with Crippen molar-refractivity contribution in [3.63, 3.8) is 0 Å². The van der Waals surface area contributed by atoms with Crippen LogP contribution in [-0.2, 0) is 0 Å².